The first-order valence-electron chi connectivity index (χ1n) is 6.02. The first-order valence-corrected chi connectivity index (χ1v) is 7.01. The van der Waals surface area contributed by atoms with Crippen molar-refractivity contribution in [2.45, 2.75) is 32.2 Å². The molecule has 1 rings (SSSR count). The Morgan fingerprint density at radius 1 is 1.44 bits per heavy atom. The lowest BCUT2D eigenvalue weighted by Crippen LogP contribution is -2.08. The summed E-state index contributed by atoms with van der Waals surface area (Å²) in [5.41, 5.74) is 0.972. The molecule has 0 bridgehead atoms. The second-order valence-corrected chi connectivity index (χ2v) is 4.64. The number of esters is 1. The third-order valence-corrected chi connectivity index (χ3v) is 3.28. The van der Waals surface area contributed by atoms with Crippen LogP contribution in [-0.4, -0.2) is 34.8 Å². The molecule has 1 aromatic heterocycles. The number of anilines is 1. The number of aromatic nitrogens is 2. The minimum Gasteiger partial charge on any atom is -0.465 e. The van der Waals surface area contributed by atoms with Gasteiger partial charge in [0.05, 0.1) is 12.4 Å². The van der Waals surface area contributed by atoms with Crippen LogP contribution in [0.1, 0.15) is 25.8 Å². The molecule has 0 spiro atoms. The van der Waals surface area contributed by atoms with Gasteiger partial charge in [-0.2, -0.15) is 0 Å². The van der Waals surface area contributed by atoms with Gasteiger partial charge in [0.25, 0.3) is 0 Å². The SMILES string of the molecule is CCCNc1ncnc(SCC(=O)OCC)c1C. The third-order valence-electron chi connectivity index (χ3n) is 2.21. The molecule has 0 saturated heterocycles. The highest BCUT2D eigenvalue weighted by Gasteiger charge is 2.09. The number of carbonyl (C=O) groups excluding carboxylic acids is 1. The molecular formula is C12H19N3O2S. The summed E-state index contributed by atoms with van der Waals surface area (Å²) in [5.74, 6) is 0.889. The average Bonchev–Trinajstić information content (AvgIpc) is 2.36. The molecule has 0 fully saturated rings. The van der Waals surface area contributed by atoms with E-state index in [0.29, 0.717) is 6.61 Å². The lowest BCUT2D eigenvalue weighted by molar-refractivity contribution is -0.139. The molecule has 1 heterocycles. The zero-order valence-corrected chi connectivity index (χ0v) is 11.8. The van der Waals surface area contributed by atoms with Gasteiger partial charge in [-0.3, -0.25) is 4.79 Å². The van der Waals surface area contributed by atoms with Crippen LogP contribution >= 0.6 is 11.8 Å². The number of hydrogen-bond acceptors (Lipinski definition) is 6. The number of ether oxygens (including phenoxy) is 1. The zero-order valence-electron chi connectivity index (χ0n) is 11.0. The molecule has 6 heteroatoms. The van der Waals surface area contributed by atoms with E-state index in [9.17, 15) is 4.79 Å². The molecule has 100 valence electrons. The Balaban J connectivity index is 2.62. The van der Waals surface area contributed by atoms with E-state index in [4.69, 9.17) is 4.74 Å². The zero-order chi connectivity index (χ0) is 13.4. The first kappa shape index (κ1) is 14.8. The molecule has 0 aliphatic carbocycles. The van der Waals surface area contributed by atoms with Crippen LogP contribution < -0.4 is 5.32 Å². The van der Waals surface area contributed by atoms with E-state index in [0.717, 1.165) is 29.4 Å². The number of nitrogens with one attached hydrogen (secondary N) is 1. The summed E-state index contributed by atoms with van der Waals surface area (Å²) in [7, 11) is 0. The Bertz CT molecular complexity index is 399. The number of nitrogens with zero attached hydrogens (tertiary/aromatic N) is 2. The van der Waals surface area contributed by atoms with Gasteiger partial charge < -0.3 is 10.1 Å². The number of thioether (sulfide) groups is 1. The van der Waals surface area contributed by atoms with Gasteiger partial charge in [-0.1, -0.05) is 18.7 Å². The fourth-order valence-electron chi connectivity index (χ4n) is 1.33. The van der Waals surface area contributed by atoms with Gasteiger partial charge in [-0.15, -0.1) is 0 Å². The van der Waals surface area contributed by atoms with Crippen molar-refractivity contribution < 1.29 is 9.53 Å². The molecular weight excluding hydrogens is 250 g/mol. The van der Waals surface area contributed by atoms with E-state index in [1.54, 1.807) is 6.92 Å². The lowest BCUT2D eigenvalue weighted by Gasteiger charge is -2.10. The summed E-state index contributed by atoms with van der Waals surface area (Å²) in [4.78, 5) is 19.7. The van der Waals surface area contributed by atoms with Crippen LogP contribution in [0.3, 0.4) is 0 Å². The molecule has 5 nitrogen and oxygen atoms in total. The summed E-state index contributed by atoms with van der Waals surface area (Å²) in [5, 5.41) is 4.05. The highest BCUT2D eigenvalue weighted by Crippen LogP contribution is 2.23. The molecule has 1 aromatic rings. The van der Waals surface area contributed by atoms with Crippen LogP contribution in [-0.2, 0) is 9.53 Å². The molecule has 1 N–H and O–H groups in total. The maximum atomic E-state index is 11.3. The van der Waals surface area contributed by atoms with Crippen LogP contribution in [0.4, 0.5) is 5.82 Å². The van der Waals surface area contributed by atoms with Crippen molar-refractivity contribution in [3.63, 3.8) is 0 Å². The quantitative estimate of drug-likeness (QED) is 0.465. The Morgan fingerprint density at radius 2 is 2.22 bits per heavy atom. The van der Waals surface area contributed by atoms with E-state index in [-0.39, 0.29) is 11.7 Å². The molecule has 0 aliphatic heterocycles. The fraction of sp³-hybridized carbons (Fsp3) is 0.583. The van der Waals surface area contributed by atoms with Crippen molar-refractivity contribution in [3.05, 3.63) is 11.9 Å². The van der Waals surface area contributed by atoms with Crippen LogP contribution in [0, 0.1) is 6.92 Å². The topological polar surface area (TPSA) is 64.1 Å². The number of hydrogen-bond donors (Lipinski definition) is 1. The Kier molecular flexibility index (Phi) is 6.49. The van der Waals surface area contributed by atoms with E-state index in [2.05, 4.69) is 22.2 Å². The van der Waals surface area contributed by atoms with Crippen LogP contribution in [0.5, 0.6) is 0 Å². The highest BCUT2D eigenvalue weighted by molar-refractivity contribution is 7.99. The van der Waals surface area contributed by atoms with Gasteiger partial charge in [-0.05, 0) is 20.3 Å². The minimum atomic E-state index is -0.219. The van der Waals surface area contributed by atoms with Crippen molar-refractivity contribution in [3.8, 4) is 0 Å². The fourth-order valence-corrected chi connectivity index (χ4v) is 2.10. The van der Waals surface area contributed by atoms with E-state index < -0.39 is 0 Å². The third kappa shape index (κ3) is 4.52. The van der Waals surface area contributed by atoms with Crippen molar-refractivity contribution in [2.24, 2.45) is 0 Å². The van der Waals surface area contributed by atoms with Crippen LogP contribution in [0.2, 0.25) is 0 Å². The summed E-state index contributed by atoms with van der Waals surface area (Å²) >= 11 is 1.38. The van der Waals surface area contributed by atoms with E-state index in [1.165, 1.54) is 18.1 Å². The van der Waals surface area contributed by atoms with E-state index >= 15 is 0 Å². The maximum Gasteiger partial charge on any atom is 0.316 e. The monoisotopic (exact) mass is 269 g/mol. The van der Waals surface area contributed by atoms with Crippen LogP contribution in [0.25, 0.3) is 0 Å². The molecule has 0 amide bonds. The predicted molar refractivity (Wildman–Crippen MR) is 72.9 cm³/mol. The second-order valence-electron chi connectivity index (χ2n) is 3.67. The smallest absolute Gasteiger partial charge is 0.316 e. The second kappa shape index (κ2) is 7.92. The molecule has 0 atom stereocenters. The van der Waals surface area contributed by atoms with Gasteiger partial charge >= 0.3 is 5.97 Å². The standard InChI is InChI=1S/C12H19N3O2S/c1-4-6-13-11-9(3)12(15-8-14-11)18-7-10(16)17-5-2/h8H,4-7H2,1-3H3,(H,13,14,15). The number of carbonyl (C=O) groups is 1. The summed E-state index contributed by atoms with van der Waals surface area (Å²) < 4.78 is 4.88. The van der Waals surface area contributed by atoms with E-state index in [1.807, 2.05) is 6.92 Å². The maximum absolute atomic E-state index is 11.3. The largest absolute Gasteiger partial charge is 0.465 e. The summed E-state index contributed by atoms with van der Waals surface area (Å²) in [6, 6.07) is 0. The molecule has 0 saturated carbocycles. The highest BCUT2D eigenvalue weighted by atomic mass is 32.2. The van der Waals surface area contributed by atoms with Gasteiger partial charge in [0.15, 0.2) is 0 Å². The van der Waals surface area contributed by atoms with Crippen molar-refractivity contribution >= 4 is 23.5 Å². The van der Waals surface area contributed by atoms with Crippen molar-refractivity contribution in [2.75, 3.05) is 24.2 Å². The Hall–Kier alpha value is -1.30. The first-order chi connectivity index (χ1) is 8.69. The molecule has 0 aliphatic rings. The molecule has 18 heavy (non-hydrogen) atoms. The van der Waals surface area contributed by atoms with Crippen molar-refractivity contribution in [1.82, 2.24) is 9.97 Å². The molecule has 0 radical (unpaired) electrons. The summed E-state index contributed by atoms with van der Waals surface area (Å²) in [6.07, 6.45) is 2.55. The summed E-state index contributed by atoms with van der Waals surface area (Å²) in [6.45, 7) is 7.13. The predicted octanol–water partition coefficient (Wildman–Crippen LogP) is 2.26. The van der Waals surface area contributed by atoms with Gasteiger partial charge in [-0.25, -0.2) is 9.97 Å². The minimum absolute atomic E-state index is 0.219. The molecule has 0 aromatic carbocycles. The van der Waals surface area contributed by atoms with Gasteiger partial charge in [0, 0.05) is 12.1 Å². The number of rotatable bonds is 7. The average molecular weight is 269 g/mol. The Morgan fingerprint density at radius 3 is 2.89 bits per heavy atom. The van der Waals surface area contributed by atoms with Gasteiger partial charge in [0.1, 0.15) is 17.2 Å². The molecule has 0 unspecified atom stereocenters. The Labute approximate surface area is 112 Å². The van der Waals surface area contributed by atoms with Crippen molar-refractivity contribution in [1.29, 1.82) is 0 Å². The normalized spacial score (nSPS) is 10.2. The van der Waals surface area contributed by atoms with Crippen LogP contribution in [0.15, 0.2) is 11.4 Å². The lowest BCUT2D eigenvalue weighted by atomic mass is 10.3. The van der Waals surface area contributed by atoms with Gasteiger partial charge in [0.2, 0.25) is 0 Å².